The molecule has 3 aromatic rings. The van der Waals surface area contributed by atoms with Gasteiger partial charge in [0.25, 0.3) is 0 Å². The van der Waals surface area contributed by atoms with E-state index in [1.165, 1.54) is 18.2 Å². The Bertz CT molecular complexity index is 1310. The van der Waals surface area contributed by atoms with Crippen molar-refractivity contribution in [1.82, 2.24) is 4.98 Å². The summed E-state index contributed by atoms with van der Waals surface area (Å²) in [6, 6.07) is 14.2. The standard InChI is InChI=1S/C24H19F3N4O4S/c1-3-34-22(32)18-12-15(13-28)14(2)29-21(18)36-20-7-5-4-6-19(20)31-23(33)30-16-8-10-17(11-9-16)35-24(25,26)27/h4-12H,3H2,1-2H3,(H2,30,31,33). The van der Waals surface area contributed by atoms with Crippen molar-refractivity contribution in [1.29, 1.82) is 5.26 Å². The van der Waals surface area contributed by atoms with Crippen molar-refractivity contribution < 1.29 is 32.2 Å². The van der Waals surface area contributed by atoms with E-state index in [2.05, 4.69) is 20.4 Å². The molecule has 36 heavy (non-hydrogen) atoms. The van der Waals surface area contributed by atoms with E-state index in [0.717, 1.165) is 23.9 Å². The number of hydrogen-bond acceptors (Lipinski definition) is 7. The first-order valence-electron chi connectivity index (χ1n) is 10.4. The molecule has 0 aliphatic rings. The van der Waals surface area contributed by atoms with Gasteiger partial charge in [0.1, 0.15) is 16.8 Å². The number of halogens is 3. The fourth-order valence-electron chi connectivity index (χ4n) is 2.92. The molecule has 1 aromatic heterocycles. The molecule has 0 aliphatic heterocycles. The number of hydrogen-bond donors (Lipinski definition) is 2. The van der Waals surface area contributed by atoms with E-state index >= 15 is 0 Å². The predicted octanol–water partition coefficient (Wildman–Crippen LogP) is 6.13. The van der Waals surface area contributed by atoms with Crippen molar-refractivity contribution in [2.75, 3.05) is 17.2 Å². The lowest BCUT2D eigenvalue weighted by Crippen LogP contribution is -2.20. The van der Waals surface area contributed by atoms with Crippen molar-refractivity contribution >= 4 is 35.1 Å². The lowest BCUT2D eigenvalue weighted by molar-refractivity contribution is -0.274. The van der Waals surface area contributed by atoms with Gasteiger partial charge in [-0.05, 0) is 56.3 Å². The molecule has 0 fully saturated rings. The quantitative estimate of drug-likeness (QED) is 0.363. The SMILES string of the molecule is CCOC(=O)c1cc(C#N)c(C)nc1Sc1ccccc1NC(=O)Nc1ccc(OC(F)(F)F)cc1. The summed E-state index contributed by atoms with van der Waals surface area (Å²) in [5, 5.41) is 14.8. The first kappa shape index (κ1) is 26.4. The molecule has 0 saturated carbocycles. The number of carbonyl (C=O) groups excluding carboxylic acids is 2. The van der Waals surface area contributed by atoms with Gasteiger partial charge in [0.15, 0.2) is 0 Å². The Morgan fingerprint density at radius 3 is 2.44 bits per heavy atom. The zero-order chi connectivity index (χ0) is 26.3. The smallest absolute Gasteiger partial charge is 0.462 e. The number of esters is 1. The van der Waals surface area contributed by atoms with Gasteiger partial charge in [-0.2, -0.15) is 5.26 Å². The van der Waals surface area contributed by atoms with Gasteiger partial charge >= 0.3 is 18.4 Å². The number of nitrogens with zero attached hydrogens (tertiary/aromatic N) is 2. The molecule has 3 rings (SSSR count). The van der Waals surface area contributed by atoms with Gasteiger partial charge in [-0.3, -0.25) is 0 Å². The Morgan fingerprint density at radius 1 is 1.11 bits per heavy atom. The van der Waals surface area contributed by atoms with Gasteiger partial charge in [0.05, 0.1) is 29.1 Å². The number of urea groups is 1. The molecule has 0 bridgehead atoms. The van der Waals surface area contributed by atoms with Crippen LogP contribution in [0.3, 0.4) is 0 Å². The minimum atomic E-state index is -4.82. The zero-order valence-electron chi connectivity index (χ0n) is 19.0. The Morgan fingerprint density at radius 2 is 1.81 bits per heavy atom. The number of ether oxygens (including phenoxy) is 2. The van der Waals surface area contributed by atoms with Crippen LogP contribution < -0.4 is 15.4 Å². The van der Waals surface area contributed by atoms with Gasteiger partial charge in [0.2, 0.25) is 0 Å². The molecule has 0 saturated heterocycles. The molecule has 2 amide bonds. The van der Waals surface area contributed by atoms with E-state index in [0.29, 0.717) is 21.3 Å². The van der Waals surface area contributed by atoms with Gasteiger partial charge < -0.3 is 20.1 Å². The average molecular weight is 517 g/mol. The van der Waals surface area contributed by atoms with Crippen LogP contribution in [0.25, 0.3) is 0 Å². The topological polar surface area (TPSA) is 113 Å². The van der Waals surface area contributed by atoms with Gasteiger partial charge in [0, 0.05) is 10.6 Å². The summed E-state index contributed by atoms with van der Waals surface area (Å²) in [5.41, 5.74) is 1.40. The predicted molar refractivity (Wildman–Crippen MR) is 126 cm³/mol. The number of pyridine rings is 1. The molecule has 1 heterocycles. The minimum absolute atomic E-state index is 0.115. The number of para-hydroxylation sites is 1. The van der Waals surface area contributed by atoms with Crippen molar-refractivity contribution in [2.24, 2.45) is 0 Å². The van der Waals surface area contributed by atoms with Crippen LogP contribution in [-0.2, 0) is 4.74 Å². The highest BCUT2D eigenvalue weighted by Gasteiger charge is 2.31. The summed E-state index contributed by atoms with van der Waals surface area (Å²) in [5.74, 6) is -1.05. The molecule has 0 unspecified atom stereocenters. The molecule has 0 spiro atoms. The fourth-order valence-corrected chi connectivity index (χ4v) is 3.94. The molecule has 12 heteroatoms. The Balaban J connectivity index is 1.79. The van der Waals surface area contributed by atoms with Gasteiger partial charge in [-0.15, -0.1) is 13.2 Å². The number of anilines is 2. The lowest BCUT2D eigenvalue weighted by Gasteiger charge is -2.14. The summed E-state index contributed by atoms with van der Waals surface area (Å²) < 4.78 is 45.8. The molecular formula is C24H19F3N4O4S. The average Bonchev–Trinajstić information content (AvgIpc) is 2.81. The largest absolute Gasteiger partial charge is 0.573 e. The molecule has 0 atom stereocenters. The number of nitrogens with one attached hydrogen (secondary N) is 2. The number of rotatable bonds is 7. The second-order valence-corrected chi connectivity index (χ2v) is 8.09. The monoisotopic (exact) mass is 516 g/mol. The van der Waals surface area contributed by atoms with Crippen molar-refractivity contribution in [3.8, 4) is 11.8 Å². The summed E-state index contributed by atoms with van der Waals surface area (Å²) in [6.45, 7) is 3.44. The third kappa shape index (κ3) is 7.13. The zero-order valence-corrected chi connectivity index (χ0v) is 19.8. The third-order valence-electron chi connectivity index (χ3n) is 4.48. The first-order chi connectivity index (χ1) is 17.1. The van der Waals surface area contributed by atoms with Crippen LogP contribution in [0.5, 0.6) is 5.75 Å². The normalized spacial score (nSPS) is 10.8. The van der Waals surface area contributed by atoms with Gasteiger partial charge in [-0.1, -0.05) is 23.9 Å². The maximum atomic E-state index is 12.5. The maximum Gasteiger partial charge on any atom is 0.573 e. The molecule has 8 nitrogen and oxygen atoms in total. The molecular weight excluding hydrogens is 497 g/mol. The molecule has 2 N–H and O–H groups in total. The van der Waals surface area contributed by atoms with E-state index in [9.17, 15) is 28.0 Å². The first-order valence-corrected chi connectivity index (χ1v) is 11.2. The number of nitriles is 1. The number of benzene rings is 2. The van der Waals surface area contributed by atoms with E-state index in [4.69, 9.17) is 4.74 Å². The number of carbonyl (C=O) groups is 2. The maximum absolute atomic E-state index is 12.5. The van der Waals surface area contributed by atoms with E-state index in [1.54, 1.807) is 38.1 Å². The summed E-state index contributed by atoms with van der Waals surface area (Å²) >= 11 is 1.10. The van der Waals surface area contributed by atoms with Crippen LogP contribution in [0.4, 0.5) is 29.3 Å². The lowest BCUT2D eigenvalue weighted by atomic mass is 10.1. The highest BCUT2D eigenvalue weighted by molar-refractivity contribution is 7.99. The van der Waals surface area contributed by atoms with Crippen molar-refractivity contribution in [2.45, 2.75) is 30.1 Å². The highest BCUT2D eigenvalue weighted by Crippen LogP contribution is 2.35. The summed E-state index contributed by atoms with van der Waals surface area (Å²) in [4.78, 5) is 29.9. The third-order valence-corrected chi connectivity index (χ3v) is 5.56. The number of aromatic nitrogens is 1. The van der Waals surface area contributed by atoms with Crippen LogP contribution >= 0.6 is 11.8 Å². The molecule has 0 aliphatic carbocycles. The van der Waals surface area contributed by atoms with E-state index < -0.39 is 24.1 Å². The number of aryl methyl sites for hydroxylation is 1. The van der Waals surface area contributed by atoms with Crippen LogP contribution in [0.2, 0.25) is 0 Å². The summed E-state index contributed by atoms with van der Waals surface area (Å²) in [6.07, 6.45) is -4.82. The van der Waals surface area contributed by atoms with E-state index in [1.807, 2.05) is 6.07 Å². The van der Waals surface area contributed by atoms with Crippen LogP contribution in [0.1, 0.15) is 28.5 Å². The number of amides is 2. The fraction of sp³-hybridized carbons (Fsp3) is 0.167. The molecule has 2 aromatic carbocycles. The van der Waals surface area contributed by atoms with Crippen LogP contribution in [-0.4, -0.2) is 30.0 Å². The molecule has 0 radical (unpaired) electrons. The van der Waals surface area contributed by atoms with Crippen molar-refractivity contribution in [3.63, 3.8) is 0 Å². The Labute approximate surface area is 208 Å². The second kappa shape index (κ2) is 11.5. The molecule has 186 valence electrons. The van der Waals surface area contributed by atoms with Gasteiger partial charge in [-0.25, -0.2) is 14.6 Å². The van der Waals surface area contributed by atoms with Crippen LogP contribution in [0.15, 0.2) is 64.5 Å². The van der Waals surface area contributed by atoms with Crippen LogP contribution in [0, 0.1) is 18.3 Å². The summed E-state index contributed by atoms with van der Waals surface area (Å²) in [7, 11) is 0. The Kier molecular flexibility index (Phi) is 8.39. The van der Waals surface area contributed by atoms with Crippen molar-refractivity contribution in [3.05, 3.63) is 71.4 Å². The van der Waals surface area contributed by atoms with E-state index in [-0.39, 0.29) is 23.4 Å². The minimum Gasteiger partial charge on any atom is -0.462 e. The highest BCUT2D eigenvalue weighted by atomic mass is 32.2. The second-order valence-electron chi connectivity index (χ2n) is 7.06. The number of alkyl halides is 3. The Hall–Kier alpha value is -4.24.